The van der Waals surface area contributed by atoms with Crippen molar-refractivity contribution in [3.05, 3.63) is 50.2 Å². The molecule has 0 aliphatic carbocycles. The lowest BCUT2D eigenvalue weighted by Gasteiger charge is -2.25. The van der Waals surface area contributed by atoms with Crippen molar-refractivity contribution in [2.24, 2.45) is 5.73 Å². The molecule has 210 valence electrons. The maximum atomic E-state index is 13.9. The van der Waals surface area contributed by atoms with Crippen LogP contribution in [0.5, 0.6) is 5.88 Å². The van der Waals surface area contributed by atoms with Crippen LogP contribution in [0.1, 0.15) is 31.9 Å². The van der Waals surface area contributed by atoms with Crippen molar-refractivity contribution in [2.45, 2.75) is 45.1 Å². The zero-order valence-electron chi connectivity index (χ0n) is 20.2. The highest BCUT2D eigenvalue weighted by molar-refractivity contribution is 9.10. The standard InChI is InChI=1S/C20H24BrF2N5O3.C2HF3O2/c1-11(2)28-19(30)17(21)18(31-10-12-3-4-13(22)7-15(12)23)26-20(28)27-6-5-14(9-27)25-16(29)8-24;3-2(4,5)1(6)7/h3-4,7,11,14H,5-6,8-10,24H2,1-2H3,(H,25,29);(H,6,7). The number of amides is 1. The van der Waals surface area contributed by atoms with E-state index in [-0.39, 0.29) is 52.6 Å². The molecule has 1 aromatic heterocycles. The second kappa shape index (κ2) is 13.0. The fourth-order valence-corrected chi connectivity index (χ4v) is 3.79. The smallest absolute Gasteiger partial charge is 0.475 e. The quantitative estimate of drug-likeness (QED) is 0.405. The molecule has 2 aromatic rings. The molecule has 0 saturated carbocycles. The third-order valence-electron chi connectivity index (χ3n) is 5.17. The van der Waals surface area contributed by atoms with Crippen molar-refractivity contribution < 1.29 is 41.4 Å². The van der Waals surface area contributed by atoms with E-state index in [1.165, 1.54) is 10.6 Å². The molecular formula is C22H25BrF5N5O5. The van der Waals surface area contributed by atoms with E-state index in [2.05, 4.69) is 26.2 Å². The van der Waals surface area contributed by atoms with Gasteiger partial charge >= 0.3 is 12.1 Å². The number of alkyl halides is 3. The largest absolute Gasteiger partial charge is 0.490 e. The lowest BCUT2D eigenvalue weighted by Crippen LogP contribution is -2.41. The van der Waals surface area contributed by atoms with Gasteiger partial charge in [-0.05, 0) is 48.3 Å². The SMILES string of the molecule is CC(C)n1c(N2CCC(NC(=O)CN)C2)nc(OCc2ccc(F)cc2F)c(Br)c1=O.O=C(O)C(F)(F)F. The van der Waals surface area contributed by atoms with Crippen molar-refractivity contribution >= 4 is 33.8 Å². The van der Waals surface area contributed by atoms with Crippen LogP contribution in [0.2, 0.25) is 0 Å². The monoisotopic (exact) mass is 613 g/mol. The summed E-state index contributed by atoms with van der Waals surface area (Å²) in [6.45, 7) is 4.43. The molecule has 10 nitrogen and oxygen atoms in total. The second-order valence-corrected chi connectivity index (χ2v) is 9.12. The Balaban J connectivity index is 0.000000638. The number of carboxylic acid groups (broad SMARTS) is 1. The van der Waals surface area contributed by atoms with Gasteiger partial charge in [0.25, 0.3) is 5.56 Å². The number of carbonyl (C=O) groups excluding carboxylic acids is 1. The molecule has 1 aromatic carbocycles. The molecule has 2 heterocycles. The molecule has 0 spiro atoms. The molecule has 3 rings (SSSR count). The first-order valence-corrected chi connectivity index (χ1v) is 11.9. The highest BCUT2D eigenvalue weighted by atomic mass is 79.9. The Labute approximate surface area is 221 Å². The number of aliphatic carboxylic acids is 1. The summed E-state index contributed by atoms with van der Waals surface area (Å²) in [5, 5.41) is 9.97. The van der Waals surface area contributed by atoms with Crippen LogP contribution in [0.3, 0.4) is 0 Å². The molecule has 1 amide bonds. The molecule has 1 saturated heterocycles. The average Bonchev–Trinajstić information content (AvgIpc) is 3.28. The van der Waals surface area contributed by atoms with Gasteiger partial charge in [0.1, 0.15) is 22.7 Å². The summed E-state index contributed by atoms with van der Waals surface area (Å²) in [4.78, 5) is 39.9. The predicted molar refractivity (Wildman–Crippen MR) is 129 cm³/mol. The van der Waals surface area contributed by atoms with E-state index < -0.39 is 23.8 Å². The number of rotatable bonds is 7. The van der Waals surface area contributed by atoms with Gasteiger partial charge < -0.3 is 25.8 Å². The number of benzene rings is 1. The number of aromatic nitrogens is 2. The minimum Gasteiger partial charge on any atom is -0.475 e. The fourth-order valence-electron chi connectivity index (χ4n) is 3.40. The number of anilines is 1. The minimum atomic E-state index is -5.08. The zero-order chi connectivity index (χ0) is 28.8. The van der Waals surface area contributed by atoms with E-state index in [4.69, 9.17) is 20.4 Å². The van der Waals surface area contributed by atoms with Crippen molar-refractivity contribution in [1.82, 2.24) is 14.9 Å². The average molecular weight is 614 g/mol. The number of carboxylic acids is 1. The van der Waals surface area contributed by atoms with E-state index in [0.29, 0.717) is 25.5 Å². The summed E-state index contributed by atoms with van der Waals surface area (Å²) >= 11 is 3.24. The molecule has 1 atom stereocenters. The van der Waals surface area contributed by atoms with Gasteiger partial charge in [-0.3, -0.25) is 14.2 Å². The summed E-state index contributed by atoms with van der Waals surface area (Å²) in [5.74, 6) is -4.04. The summed E-state index contributed by atoms with van der Waals surface area (Å²) in [5.41, 5.74) is 5.15. The number of nitrogens with two attached hydrogens (primary N) is 1. The Morgan fingerprint density at radius 1 is 1.32 bits per heavy atom. The summed E-state index contributed by atoms with van der Waals surface area (Å²) in [7, 11) is 0. The summed E-state index contributed by atoms with van der Waals surface area (Å²) in [6.07, 6.45) is -4.41. The number of hydrogen-bond acceptors (Lipinski definition) is 7. The number of ether oxygens (including phenoxy) is 1. The maximum absolute atomic E-state index is 13.9. The third kappa shape index (κ3) is 8.11. The first-order chi connectivity index (χ1) is 17.6. The number of hydrogen-bond donors (Lipinski definition) is 3. The van der Waals surface area contributed by atoms with Crippen molar-refractivity contribution in [3.63, 3.8) is 0 Å². The second-order valence-electron chi connectivity index (χ2n) is 8.33. The summed E-state index contributed by atoms with van der Waals surface area (Å²) in [6, 6.07) is 2.87. The van der Waals surface area contributed by atoms with Gasteiger partial charge in [-0.25, -0.2) is 13.6 Å². The van der Waals surface area contributed by atoms with E-state index in [1.54, 1.807) is 0 Å². The van der Waals surface area contributed by atoms with Crippen molar-refractivity contribution in [3.8, 4) is 5.88 Å². The first kappa shape index (κ1) is 31.0. The van der Waals surface area contributed by atoms with E-state index in [1.807, 2.05) is 18.7 Å². The Morgan fingerprint density at radius 2 is 1.95 bits per heavy atom. The Hall–Kier alpha value is -3.27. The van der Waals surface area contributed by atoms with Crippen LogP contribution in [0, 0.1) is 11.6 Å². The van der Waals surface area contributed by atoms with Gasteiger partial charge in [-0.1, -0.05) is 0 Å². The minimum absolute atomic E-state index is 0.00932. The molecule has 1 unspecified atom stereocenters. The van der Waals surface area contributed by atoms with Crippen LogP contribution < -0.4 is 26.2 Å². The van der Waals surface area contributed by atoms with Gasteiger partial charge in [0, 0.05) is 36.8 Å². The van der Waals surface area contributed by atoms with Crippen LogP contribution in [-0.4, -0.2) is 58.4 Å². The normalized spacial score (nSPS) is 15.2. The van der Waals surface area contributed by atoms with E-state index in [9.17, 15) is 31.5 Å². The van der Waals surface area contributed by atoms with Crippen molar-refractivity contribution in [2.75, 3.05) is 24.5 Å². The molecular weight excluding hydrogens is 589 g/mol. The molecule has 4 N–H and O–H groups in total. The lowest BCUT2D eigenvalue weighted by molar-refractivity contribution is -0.192. The highest BCUT2D eigenvalue weighted by Crippen LogP contribution is 2.28. The van der Waals surface area contributed by atoms with Gasteiger partial charge in [-0.2, -0.15) is 18.2 Å². The Bertz CT molecular complexity index is 1220. The van der Waals surface area contributed by atoms with Crippen LogP contribution in [0.25, 0.3) is 0 Å². The number of nitrogens with zero attached hydrogens (tertiary/aromatic N) is 3. The summed E-state index contributed by atoms with van der Waals surface area (Å²) < 4.78 is 66.1. The first-order valence-electron chi connectivity index (χ1n) is 11.1. The lowest BCUT2D eigenvalue weighted by atomic mass is 10.2. The van der Waals surface area contributed by atoms with Crippen LogP contribution in [-0.2, 0) is 16.2 Å². The van der Waals surface area contributed by atoms with Crippen LogP contribution in [0.4, 0.5) is 27.9 Å². The van der Waals surface area contributed by atoms with Crippen molar-refractivity contribution in [1.29, 1.82) is 0 Å². The van der Waals surface area contributed by atoms with Gasteiger partial charge in [-0.15, -0.1) is 0 Å². The predicted octanol–water partition coefficient (Wildman–Crippen LogP) is 2.73. The van der Waals surface area contributed by atoms with Gasteiger partial charge in [0.15, 0.2) is 0 Å². The van der Waals surface area contributed by atoms with Gasteiger partial charge in [0.2, 0.25) is 17.7 Å². The van der Waals surface area contributed by atoms with E-state index >= 15 is 0 Å². The topological polar surface area (TPSA) is 140 Å². The number of carbonyl (C=O) groups is 2. The molecule has 1 aliphatic rings. The van der Waals surface area contributed by atoms with Crippen LogP contribution >= 0.6 is 15.9 Å². The molecule has 0 radical (unpaired) electrons. The fraction of sp³-hybridized carbons (Fsp3) is 0.455. The van der Waals surface area contributed by atoms with Crippen LogP contribution in [0.15, 0.2) is 27.5 Å². The Kier molecular flexibility index (Phi) is 10.6. The molecule has 0 bridgehead atoms. The molecule has 16 heteroatoms. The molecule has 1 aliphatic heterocycles. The Morgan fingerprint density at radius 3 is 2.47 bits per heavy atom. The third-order valence-corrected chi connectivity index (χ3v) is 5.85. The molecule has 1 fully saturated rings. The zero-order valence-corrected chi connectivity index (χ0v) is 21.8. The highest BCUT2D eigenvalue weighted by Gasteiger charge is 2.38. The maximum Gasteiger partial charge on any atom is 0.490 e. The van der Waals surface area contributed by atoms with E-state index in [0.717, 1.165) is 12.1 Å². The number of halogens is 6. The van der Waals surface area contributed by atoms with Gasteiger partial charge in [0.05, 0.1) is 6.54 Å². The molecule has 38 heavy (non-hydrogen) atoms. The number of nitrogens with one attached hydrogen (secondary N) is 1.